The molecule has 1 aliphatic rings. The van der Waals surface area contributed by atoms with Crippen molar-refractivity contribution in [1.82, 2.24) is 10.6 Å². The van der Waals surface area contributed by atoms with Crippen LogP contribution < -0.4 is 10.6 Å². The molecular weight excluding hydrogens is 329 g/mol. The summed E-state index contributed by atoms with van der Waals surface area (Å²) >= 11 is 0. The molecule has 1 fully saturated rings. The Morgan fingerprint density at radius 2 is 1.88 bits per heavy atom. The molecule has 2 aromatic carbocycles. The normalized spacial score (nSPS) is 15.6. The zero-order valence-electron chi connectivity index (χ0n) is 15.4. The molecule has 138 valence electrons. The van der Waals surface area contributed by atoms with Gasteiger partial charge in [0.15, 0.2) is 5.96 Å². The third kappa shape index (κ3) is 4.41. The highest BCUT2D eigenvalue weighted by atomic mass is 19.1. The zero-order chi connectivity index (χ0) is 18.4. The number of methoxy groups -OCH3 is 1. The van der Waals surface area contributed by atoms with E-state index in [-0.39, 0.29) is 11.2 Å². The molecule has 26 heavy (non-hydrogen) atoms. The maximum Gasteiger partial charge on any atom is 0.191 e. The molecule has 0 heterocycles. The Labute approximate surface area is 154 Å². The van der Waals surface area contributed by atoms with Crippen LogP contribution in [0.15, 0.2) is 53.5 Å². The highest BCUT2D eigenvalue weighted by Crippen LogP contribution is 2.48. The van der Waals surface area contributed by atoms with Gasteiger partial charge in [-0.25, -0.2) is 4.39 Å². The maximum atomic E-state index is 14.1. The van der Waals surface area contributed by atoms with E-state index in [1.54, 1.807) is 20.2 Å². The monoisotopic (exact) mass is 355 g/mol. The lowest BCUT2D eigenvalue weighted by atomic mass is 9.95. The van der Waals surface area contributed by atoms with Crippen molar-refractivity contribution in [3.8, 4) is 0 Å². The van der Waals surface area contributed by atoms with E-state index in [0.29, 0.717) is 19.7 Å². The zero-order valence-corrected chi connectivity index (χ0v) is 15.4. The van der Waals surface area contributed by atoms with Crippen molar-refractivity contribution in [3.05, 3.63) is 71.0 Å². The average Bonchev–Trinajstić information content (AvgIpc) is 3.44. The molecule has 0 saturated heterocycles. The van der Waals surface area contributed by atoms with Gasteiger partial charge in [-0.05, 0) is 35.6 Å². The van der Waals surface area contributed by atoms with Gasteiger partial charge in [0.25, 0.3) is 0 Å². The van der Waals surface area contributed by atoms with Gasteiger partial charge in [-0.1, -0.05) is 42.5 Å². The Balaban J connectivity index is 1.56. The van der Waals surface area contributed by atoms with Crippen molar-refractivity contribution in [3.63, 3.8) is 0 Å². The summed E-state index contributed by atoms with van der Waals surface area (Å²) in [7, 11) is 3.44. The first-order valence-corrected chi connectivity index (χ1v) is 8.93. The van der Waals surface area contributed by atoms with Gasteiger partial charge in [0.1, 0.15) is 5.82 Å². The lowest BCUT2D eigenvalue weighted by Gasteiger charge is -2.19. The van der Waals surface area contributed by atoms with Gasteiger partial charge >= 0.3 is 0 Å². The van der Waals surface area contributed by atoms with E-state index in [1.807, 2.05) is 24.3 Å². The van der Waals surface area contributed by atoms with Crippen LogP contribution in [0.4, 0.5) is 4.39 Å². The molecule has 2 N–H and O–H groups in total. The largest absolute Gasteiger partial charge is 0.380 e. The molecule has 3 rings (SSSR count). The maximum absolute atomic E-state index is 14.1. The second kappa shape index (κ2) is 8.32. The van der Waals surface area contributed by atoms with Crippen molar-refractivity contribution in [2.75, 3.05) is 20.7 Å². The first-order chi connectivity index (χ1) is 12.7. The van der Waals surface area contributed by atoms with Gasteiger partial charge in [0.05, 0.1) is 6.61 Å². The number of guanidine groups is 1. The highest BCUT2D eigenvalue weighted by Gasteiger charge is 2.45. The van der Waals surface area contributed by atoms with E-state index in [0.717, 1.165) is 35.5 Å². The topological polar surface area (TPSA) is 45.7 Å². The standard InChI is InChI=1S/C21H26FN3O/c1-23-20(24-13-16-6-5-7-17(12-16)14-26-2)25-15-21(10-11-21)18-8-3-4-9-19(18)22/h3-9,12H,10-11,13-15H2,1-2H3,(H2,23,24,25). The van der Waals surface area contributed by atoms with E-state index >= 15 is 0 Å². The summed E-state index contributed by atoms with van der Waals surface area (Å²) < 4.78 is 19.3. The van der Waals surface area contributed by atoms with Crippen LogP contribution in [0, 0.1) is 5.82 Å². The fraction of sp³-hybridized carbons (Fsp3) is 0.381. The highest BCUT2D eigenvalue weighted by molar-refractivity contribution is 5.79. The van der Waals surface area contributed by atoms with E-state index in [2.05, 4.69) is 27.8 Å². The summed E-state index contributed by atoms with van der Waals surface area (Å²) in [6, 6.07) is 15.3. The predicted molar refractivity (Wildman–Crippen MR) is 103 cm³/mol. The first-order valence-electron chi connectivity index (χ1n) is 8.93. The van der Waals surface area contributed by atoms with Crippen LogP contribution in [0.1, 0.15) is 29.5 Å². The van der Waals surface area contributed by atoms with Crippen molar-refractivity contribution < 1.29 is 9.13 Å². The van der Waals surface area contributed by atoms with Crippen LogP contribution in [0.25, 0.3) is 0 Å². The summed E-state index contributed by atoms with van der Waals surface area (Å²) in [4.78, 5) is 4.28. The quantitative estimate of drug-likeness (QED) is 0.591. The fourth-order valence-electron chi connectivity index (χ4n) is 3.24. The Morgan fingerprint density at radius 3 is 2.58 bits per heavy atom. The smallest absolute Gasteiger partial charge is 0.191 e. The molecule has 1 aliphatic carbocycles. The molecule has 1 saturated carbocycles. The number of ether oxygens (including phenoxy) is 1. The Morgan fingerprint density at radius 1 is 1.12 bits per heavy atom. The van der Waals surface area contributed by atoms with Crippen molar-refractivity contribution >= 4 is 5.96 Å². The third-order valence-electron chi connectivity index (χ3n) is 4.88. The fourth-order valence-corrected chi connectivity index (χ4v) is 3.24. The lowest BCUT2D eigenvalue weighted by Crippen LogP contribution is -2.41. The molecule has 0 atom stereocenters. The molecule has 0 spiro atoms. The average molecular weight is 355 g/mol. The van der Waals surface area contributed by atoms with Gasteiger partial charge in [-0.3, -0.25) is 4.99 Å². The second-order valence-corrected chi connectivity index (χ2v) is 6.79. The van der Waals surface area contributed by atoms with Crippen molar-refractivity contribution in [2.24, 2.45) is 4.99 Å². The number of halogens is 1. The van der Waals surface area contributed by atoms with Crippen molar-refractivity contribution in [2.45, 2.75) is 31.4 Å². The molecule has 0 amide bonds. The molecule has 5 heteroatoms. The van der Waals surface area contributed by atoms with E-state index < -0.39 is 0 Å². The minimum Gasteiger partial charge on any atom is -0.380 e. The Kier molecular flexibility index (Phi) is 5.89. The van der Waals surface area contributed by atoms with Gasteiger partial charge in [-0.2, -0.15) is 0 Å². The molecule has 0 unspecified atom stereocenters. The van der Waals surface area contributed by atoms with Gasteiger partial charge in [0.2, 0.25) is 0 Å². The number of hydrogen-bond acceptors (Lipinski definition) is 2. The van der Waals surface area contributed by atoms with Gasteiger partial charge in [0, 0.05) is 32.7 Å². The predicted octanol–water partition coefficient (Wildman–Crippen LogP) is 3.37. The van der Waals surface area contributed by atoms with Crippen LogP contribution in [0.5, 0.6) is 0 Å². The molecular formula is C21H26FN3O. The minimum absolute atomic E-state index is 0.110. The first kappa shape index (κ1) is 18.4. The summed E-state index contributed by atoms with van der Waals surface area (Å²) in [5, 5.41) is 6.68. The summed E-state index contributed by atoms with van der Waals surface area (Å²) in [6.45, 7) is 1.95. The van der Waals surface area contributed by atoms with Crippen LogP contribution >= 0.6 is 0 Å². The third-order valence-corrected chi connectivity index (χ3v) is 4.88. The van der Waals surface area contributed by atoms with Gasteiger partial charge in [-0.15, -0.1) is 0 Å². The molecule has 4 nitrogen and oxygen atoms in total. The molecule has 0 bridgehead atoms. The second-order valence-electron chi connectivity index (χ2n) is 6.79. The minimum atomic E-state index is -0.121. The summed E-state index contributed by atoms with van der Waals surface area (Å²) in [5.41, 5.74) is 3.00. The lowest BCUT2D eigenvalue weighted by molar-refractivity contribution is 0.185. The summed E-state index contributed by atoms with van der Waals surface area (Å²) in [5.74, 6) is 0.606. The number of nitrogens with one attached hydrogen (secondary N) is 2. The number of hydrogen-bond donors (Lipinski definition) is 2. The molecule has 0 aliphatic heterocycles. The van der Waals surface area contributed by atoms with E-state index in [1.165, 1.54) is 6.07 Å². The molecule has 2 aromatic rings. The molecule has 0 radical (unpaired) electrons. The number of nitrogens with zero attached hydrogens (tertiary/aromatic N) is 1. The number of aliphatic imine (C=N–C) groups is 1. The van der Waals surface area contributed by atoms with Crippen LogP contribution in [0.3, 0.4) is 0 Å². The number of rotatable bonds is 7. The SMILES string of the molecule is CN=C(NCc1cccc(COC)c1)NCC1(c2ccccc2F)CC1. The van der Waals surface area contributed by atoms with E-state index in [9.17, 15) is 4.39 Å². The van der Waals surface area contributed by atoms with Crippen LogP contribution in [0.2, 0.25) is 0 Å². The Hall–Kier alpha value is -2.40. The van der Waals surface area contributed by atoms with Gasteiger partial charge < -0.3 is 15.4 Å². The van der Waals surface area contributed by atoms with Crippen LogP contribution in [-0.2, 0) is 23.3 Å². The summed E-state index contributed by atoms with van der Waals surface area (Å²) in [6.07, 6.45) is 1.99. The Bertz CT molecular complexity index is 771. The van der Waals surface area contributed by atoms with E-state index in [4.69, 9.17) is 4.74 Å². The number of benzene rings is 2. The van der Waals surface area contributed by atoms with Crippen LogP contribution in [-0.4, -0.2) is 26.7 Å². The van der Waals surface area contributed by atoms with Crippen molar-refractivity contribution in [1.29, 1.82) is 0 Å². The molecule has 0 aromatic heterocycles.